The molecule has 1 aliphatic rings. The summed E-state index contributed by atoms with van der Waals surface area (Å²) in [6.07, 6.45) is 2.68. The van der Waals surface area contributed by atoms with Gasteiger partial charge in [-0.3, -0.25) is 4.79 Å². The van der Waals surface area contributed by atoms with Gasteiger partial charge >= 0.3 is 5.97 Å². The lowest BCUT2D eigenvalue weighted by Crippen LogP contribution is -2.40. The molecule has 27 heavy (non-hydrogen) atoms. The number of sulfonamides is 1. The van der Waals surface area contributed by atoms with Crippen LogP contribution in [0.3, 0.4) is 0 Å². The van der Waals surface area contributed by atoms with Crippen LogP contribution in [-0.4, -0.2) is 63.6 Å². The minimum absolute atomic E-state index is 0.0287. The summed E-state index contributed by atoms with van der Waals surface area (Å²) >= 11 is 0. The van der Waals surface area contributed by atoms with Crippen LogP contribution in [0, 0.1) is 0 Å². The third-order valence-corrected chi connectivity index (χ3v) is 5.61. The van der Waals surface area contributed by atoms with E-state index in [1.54, 1.807) is 12.1 Å². The number of amides is 1. The van der Waals surface area contributed by atoms with Gasteiger partial charge in [-0.1, -0.05) is 12.1 Å². The first-order valence-corrected chi connectivity index (χ1v) is 10.0. The molecule has 0 atom stereocenters. The average Bonchev–Trinajstić information content (AvgIpc) is 2.65. The summed E-state index contributed by atoms with van der Waals surface area (Å²) in [4.78, 5) is 23.2. The molecule has 148 valence electrons. The topological polar surface area (TPSA) is 102 Å². The molecule has 0 radical (unpaired) electrons. The lowest BCUT2D eigenvalue weighted by atomic mass is 10.2. The molecule has 1 aromatic rings. The van der Waals surface area contributed by atoms with E-state index >= 15 is 0 Å². The fourth-order valence-electron chi connectivity index (χ4n) is 2.40. The predicted molar refractivity (Wildman–Crippen MR) is 99.3 cm³/mol. The van der Waals surface area contributed by atoms with Crippen LogP contribution in [0.15, 0.2) is 35.2 Å². The summed E-state index contributed by atoms with van der Waals surface area (Å²) in [7, 11) is -3.55. The third-order valence-electron chi connectivity index (χ3n) is 3.69. The van der Waals surface area contributed by atoms with Gasteiger partial charge in [0.25, 0.3) is 5.91 Å². The molecule has 2 rings (SSSR count). The summed E-state index contributed by atoms with van der Waals surface area (Å²) in [6.45, 7) is 4.71. The Kier molecular flexibility index (Phi) is 7.52. The van der Waals surface area contributed by atoms with E-state index in [4.69, 9.17) is 9.47 Å². The zero-order chi connectivity index (χ0) is 19.9. The number of morpholine rings is 1. The number of benzene rings is 1. The zero-order valence-electron chi connectivity index (χ0n) is 15.4. The fourth-order valence-corrected chi connectivity index (χ4v) is 3.81. The quantitative estimate of drug-likeness (QED) is 0.540. The lowest BCUT2D eigenvalue weighted by Gasteiger charge is -2.26. The molecule has 0 saturated carbocycles. The van der Waals surface area contributed by atoms with Crippen molar-refractivity contribution in [2.75, 3.05) is 32.9 Å². The van der Waals surface area contributed by atoms with E-state index in [0.717, 1.165) is 0 Å². The molecule has 1 heterocycles. The van der Waals surface area contributed by atoms with Crippen LogP contribution in [0.25, 0.3) is 6.08 Å². The van der Waals surface area contributed by atoms with Gasteiger partial charge in [-0.15, -0.1) is 0 Å². The highest BCUT2D eigenvalue weighted by atomic mass is 32.2. The molecular weight excluding hydrogens is 372 g/mol. The molecule has 1 amide bonds. The van der Waals surface area contributed by atoms with Gasteiger partial charge < -0.3 is 14.8 Å². The van der Waals surface area contributed by atoms with Crippen molar-refractivity contribution in [1.82, 2.24) is 9.62 Å². The second-order valence-corrected chi connectivity index (χ2v) is 8.19. The van der Waals surface area contributed by atoms with Crippen molar-refractivity contribution >= 4 is 28.0 Å². The Bertz CT molecular complexity index is 781. The number of rotatable bonds is 7. The van der Waals surface area contributed by atoms with Crippen LogP contribution in [-0.2, 0) is 29.1 Å². The molecule has 1 aromatic carbocycles. The predicted octanol–water partition coefficient (Wildman–Crippen LogP) is 0.789. The maximum absolute atomic E-state index is 12.5. The number of hydrogen-bond donors (Lipinski definition) is 1. The zero-order valence-corrected chi connectivity index (χ0v) is 16.2. The standard InChI is InChI=1S/C18H24N2O6S/c1-14(2)19-17(21)13-26-18(22)8-5-15-3-6-16(7-4-15)27(23,24)20-9-11-25-12-10-20/h3-8,14H,9-13H2,1-2H3,(H,19,21)/b8-5+. The maximum Gasteiger partial charge on any atom is 0.331 e. The molecule has 1 fully saturated rings. The number of ether oxygens (including phenoxy) is 2. The van der Waals surface area contributed by atoms with E-state index in [0.29, 0.717) is 31.9 Å². The Hall–Kier alpha value is -2.23. The minimum atomic E-state index is -3.55. The normalized spacial score (nSPS) is 15.8. The number of hydrogen-bond acceptors (Lipinski definition) is 6. The first-order valence-electron chi connectivity index (χ1n) is 8.61. The molecule has 1 N–H and O–H groups in total. The van der Waals surface area contributed by atoms with Crippen LogP contribution in [0.2, 0.25) is 0 Å². The Morgan fingerprint density at radius 2 is 1.85 bits per heavy atom. The first-order chi connectivity index (χ1) is 12.8. The second kappa shape index (κ2) is 9.63. The van der Waals surface area contributed by atoms with Crippen molar-refractivity contribution < 1.29 is 27.5 Å². The van der Waals surface area contributed by atoms with Gasteiger partial charge in [0, 0.05) is 25.2 Å². The summed E-state index contributed by atoms with van der Waals surface area (Å²) in [5.74, 6) is -1.02. The monoisotopic (exact) mass is 396 g/mol. The first kappa shape index (κ1) is 21.1. The molecule has 0 aliphatic carbocycles. The van der Waals surface area contributed by atoms with Gasteiger partial charge in [0.05, 0.1) is 18.1 Å². The van der Waals surface area contributed by atoms with Crippen LogP contribution in [0.1, 0.15) is 19.4 Å². The van der Waals surface area contributed by atoms with Crippen molar-refractivity contribution in [1.29, 1.82) is 0 Å². The highest BCUT2D eigenvalue weighted by Crippen LogP contribution is 2.18. The van der Waals surface area contributed by atoms with Crippen LogP contribution in [0.4, 0.5) is 0 Å². The third kappa shape index (κ3) is 6.46. The van der Waals surface area contributed by atoms with Crippen molar-refractivity contribution in [3.05, 3.63) is 35.9 Å². The van der Waals surface area contributed by atoms with E-state index in [1.807, 2.05) is 13.8 Å². The average molecular weight is 396 g/mol. The van der Waals surface area contributed by atoms with Crippen LogP contribution in [0.5, 0.6) is 0 Å². The highest BCUT2D eigenvalue weighted by molar-refractivity contribution is 7.89. The van der Waals surface area contributed by atoms with Crippen molar-refractivity contribution in [2.45, 2.75) is 24.8 Å². The van der Waals surface area contributed by atoms with E-state index in [1.165, 1.54) is 28.6 Å². The molecule has 9 heteroatoms. The Balaban J connectivity index is 1.92. The number of nitrogens with zero attached hydrogens (tertiary/aromatic N) is 1. The summed E-state index contributed by atoms with van der Waals surface area (Å²) in [5.41, 5.74) is 0.638. The fraction of sp³-hybridized carbons (Fsp3) is 0.444. The molecular formula is C18H24N2O6S. The molecule has 0 unspecified atom stereocenters. The van der Waals surface area contributed by atoms with Crippen LogP contribution < -0.4 is 5.32 Å². The molecule has 0 bridgehead atoms. The van der Waals surface area contributed by atoms with E-state index < -0.39 is 16.0 Å². The van der Waals surface area contributed by atoms with E-state index in [9.17, 15) is 18.0 Å². The Morgan fingerprint density at radius 3 is 2.44 bits per heavy atom. The van der Waals surface area contributed by atoms with E-state index in [2.05, 4.69) is 5.32 Å². The molecule has 0 spiro atoms. The molecule has 1 aliphatic heterocycles. The van der Waals surface area contributed by atoms with Crippen molar-refractivity contribution in [3.8, 4) is 0 Å². The highest BCUT2D eigenvalue weighted by Gasteiger charge is 2.25. The van der Waals surface area contributed by atoms with Gasteiger partial charge in [-0.25, -0.2) is 13.2 Å². The molecule has 8 nitrogen and oxygen atoms in total. The number of carbonyl (C=O) groups is 2. The smallest absolute Gasteiger partial charge is 0.331 e. The molecule has 0 aromatic heterocycles. The van der Waals surface area contributed by atoms with Gasteiger partial charge in [-0.2, -0.15) is 4.31 Å². The van der Waals surface area contributed by atoms with Crippen molar-refractivity contribution in [2.24, 2.45) is 0 Å². The summed E-state index contributed by atoms with van der Waals surface area (Å²) < 4.78 is 36.5. The summed E-state index contributed by atoms with van der Waals surface area (Å²) in [6, 6.07) is 6.15. The van der Waals surface area contributed by atoms with Gasteiger partial charge in [0.1, 0.15) is 0 Å². The van der Waals surface area contributed by atoms with Crippen molar-refractivity contribution in [3.63, 3.8) is 0 Å². The second-order valence-electron chi connectivity index (χ2n) is 6.25. The lowest BCUT2D eigenvalue weighted by molar-refractivity contribution is -0.143. The SMILES string of the molecule is CC(C)NC(=O)COC(=O)/C=C/c1ccc(S(=O)(=O)N2CCOCC2)cc1. The Labute approximate surface area is 159 Å². The number of nitrogens with one attached hydrogen (secondary N) is 1. The van der Waals surface area contributed by atoms with Crippen LogP contribution >= 0.6 is 0 Å². The van der Waals surface area contributed by atoms with Gasteiger partial charge in [0.2, 0.25) is 10.0 Å². The van der Waals surface area contributed by atoms with Gasteiger partial charge in [0.15, 0.2) is 6.61 Å². The number of carbonyl (C=O) groups excluding carboxylic acids is 2. The van der Waals surface area contributed by atoms with E-state index in [-0.39, 0.29) is 23.5 Å². The largest absolute Gasteiger partial charge is 0.452 e. The number of esters is 1. The maximum atomic E-state index is 12.5. The minimum Gasteiger partial charge on any atom is -0.452 e. The summed E-state index contributed by atoms with van der Waals surface area (Å²) in [5, 5.41) is 2.61. The van der Waals surface area contributed by atoms with Gasteiger partial charge in [-0.05, 0) is 37.6 Å². The Morgan fingerprint density at radius 1 is 1.22 bits per heavy atom. The molecule has 1 saturated heterocycles.